The first-order chi connectivity index (χ1) is 9.22. The minimum absolute atomic E-state index is 0.149. The summed E-state index contributed by atoms with van der Waals surface area (Å²) < 4.78 is 5.70. The highest BCUT2D eigenvalue weighted by Gasteiger charge is 2.02. The summed E-state index contributed by atoms with van der Waals surface area (Å²) in [6.07, 6.45) is 0.650. The fourth-order valence-corrected chi connectivity index (χ4v) is 1.99. The van der Waals surface area contributed by atoms with Crippen LogP contribution in [0.2, 0.25) is 5.02 Å². The lowest BCUT2D eigenvalue weighted by molar-refractivity contribution is 0.299. The Labute approximate surface area is 117 Å². The summed E-state index contributed by atoms with van der Waals surface area (Å²) in [5.41, 5.74) is 7.52. The highest BCUT2D eigenvalue weighted by molar-refractivity contribution is 6.31. The second kappa shape index (κ2) is 6.57. The van der Waals surface area contributed by atoms with Crippen molar-refractivity contribution in [1.82, 2.24) is 0 Å². The molecule has 2 rings (SSSR count). The summed E-state index contributed by atoms with van der Waals surface area (Å²) in [7, 11) is 0. The molecule has 0 radical (unpaired) electrons. The molecule has 4 heteroatoms. The van der Waals surface area contributed by atoms with Crippen molar-refractivity contribution in [1.29, 1.82) is 0 Å². The van der Waals surface area contributed by atoms with E-state index in [1.165, 1.54) is 0 Å². The maximum absolute atomic E-state index is 8.85. The number of halogens is 1. The van der Waals surface area contributed by atoms with Crippen LogP contribution < -0.4 is 10.5 Å². The predicted octanol–water partition coefficient (Wildman–Crippen LogP) is 3.13. The van der Waals surface area contributed by atoms with Gasteiger partial charge in [0.05, 0.1) is 0 Å². The number of aliphatic hydroxyl groups excluding tert-OH is 1. The Kier molecular flexibility index (Phi) is 4.80. The van der Waals surface area contributed by atoms with E-state index in [1.807, 2.05) is 36.4 Å². The van der Waals surface area contributed by atoms with Crippen LogP contribution in [0.1, 0.15) is 11.1 Å². The molecule has 0 aromatic heterocycles. The highest BCUT2D eigenvalue weighted by Crippen LogP contribution is 2.26. The van der Waals surface area contributed by atoms with E-state index in [0.29, 0.717) is 23.7 Å². The summed E-state index contributed by atoms with van der Waals surface area (Å²) in [5.74, 6) is 1.41. The third-order valence-electron chi connectivity index (χ3n) is 2.80. The van der Waals surface area contributed by atoms with Gasteiger partial charge in [-0.05, 0) is 41.8 Å². The number of benzene rings is 2. The normalized spacial score (nSPS) is 10.5. The molecule has 3 N–H and O–H groups in total. The van der Waals surface area contributed by atoms with Crippen molar-refractivity contribution in [3.05, 3.63) is 58.6 Å². The van der Waals surface area contributed by atoms with Crippen molar-refractivity contribution in [2.45, 2.75) is 13.0 Å². The van der Waals surface area contributed by atoms with Crippen molar-refractivity contribution in [3.63, 3.8) is 0 Å². The Bertz CT molecular complexity index is 540. The van der Waals surface area contributed by atoms with Crippen LogP contribution in [-0.4, -0.2) is 11.7 Å². The van der Waals surface area contributed by atoms with Crippen LogP contribution in [-0.2, 0) is 13.0 Å². The highest BCUT2D eigenvalue weighted by atomic mass is 35.5. The third-order valence-corrected chi connectivity index (χ3v) is 3.16. The largest absolute Gasteiger partial charge is 0.457 e. The van der Waals surface area contributed by atoms with Gasteiger partial charge in [0, 0.05) is 18.2 Å². The van der Waals surface area contributed by atoms with E-state index < -0.39 is 0 Å². The predicted molar refractivity (Wildman–Crippen MR) is 76.6 cm³/mol. The molecule has 0 atom stereocenters. The van der Waals surface area contributed by atoms with Crippen LogP contribution in [0, 0.1) is 0 Å². The summed E-state index contributed by atoms with van der Waals surface area (Å²) in [6, 6.07) is 13.1. The van der Waals surface area contributed by atoms with Gasteiger partial charge < -0.3 is 15.6 Å². The molecule has 19 heavy (non-hydrogen) atoms. The van der Waals surface area contributed by atoms with Gasteiger partial charge in [0.25, 0.3) is 0 Å². The van der Waals surface area contributed by atoms with Crippen LogP contribution in [0.15, 0.2) is 42.5 Å². The van der Waals surface area contributed by atoms with Gasteiger partial charge in [0.15, 0.2) is 0 Å². The molecule has 0 saturated carbocycles. The lowest BCUT2D eigenvalue weighted by atomic mass is 10.1. The molecule has 0 unspecified atom stereocenters. The number of nitrogens with two attached hydrogens (primary N) is 1. The Morgan fingerprint density at radius 2 is 1.74 bits per heavy atom. The van der Waals surface area contributed by atoms with Gasteiger partial charge in [-0.1, -0.05) is 29.8 Å². The van der Waals surface area contributed by atoms with Crippen LogP contribution in [0.25, 0.3) is 0 Å². The maximum atomic E-state index is 8.85. The van der Waals surface area contributed by atoms with E-state index >= 15 is 0 Å². The third kappa shape index (κ3) is 3.70. The first-order valence-electron chi connectivity index (χ1n) is 6.09. The molecule has 0 aliphatic rings. The summed E-state index contributed by atoms with van der Waals surface area (Å²) in [4.78, 5) is 0. The lowest BCUT2D eigenvalue weighted by Gasteiger charge is -2.08. The molecular weight excluding hydrogens is 262 g/mol. The number of aliphatic hydroxyl groups is 1. The minimum atomic E-state index is 0.149. The first-order valence-corrected chi connectivity index (χ1v) is 6.47. The SMILES string of the molecule is NCc1ccc(Oc2ccc(CCO)cc2)cc1Cl. The molecule has 0 amide bonds. The molecule has 100 valence electrons. The van der Waals surface area contributed by atoms with Crippen molar-refractivity contribution in [2.24, 2.45) is 5.73 Å². The molecule has 2 aromatic rings. The van der Waals surface area contributed by atoms with E-state index in [9.17, 15) is 0 Å². The second-order valence-electron chi connectivity index (χ2n) is 4.18. The molecular formula is C15H16ClNO2. The Hall–Kier alpha value is -1.55. The first kappa shape index (κ1) is 13.9. The number of hydrogen-bond donors (Lipinski definition) is 2. The van der Waals surface area contributed by atoms with E-state index in [-0.39, 0.29) is 6.61 Å². The van der Waals surface area contributed by atoms with Crippen molar-refractivity contribution in [2.75, 3.05) is 6.61 Å². The van der Waals surface area contributed by atoms with Crippen molar-refractivity contribution < 1.29 is 9.84 Å². The van der Waals surface area contributed by atoms with Gasteiger partial charge in [-0.25, -0.2) is 0 Å². The zero-order valence-electron chi connectivity index (χ0n) is 10.5. The molecule has 0 fully saturated rings. The van der Waals surface area contributed by atoms with Crippen molar-refractivity contribution in [3.8, 4) is 11.5 Å². The van der Waals surface area contributed by atoms with E-state index in [1.54, 1.807) is 6.07 Å². The van der Waals surface area contributed by atoms with Gasteiger partial charge in [-0.2, -0.15) is 0 Å². The average molecular weight is 278 g/mol. The zero-order valence-corrected chi connectivity index (χ0v) is 11.2. The zero-order chi connectivity index (χ0) is 13.7. The smallest absolute Gasteiger partial charge is 0.128 e. The topological polar surface area (TPSA) is 55.5 Å². The summed E-state index contributed by atoms with van der Waals surface area (Å²) >= 11 is 6.07. The number of ether oxygens (including phenoxy) is 1. The maximum Gasteiger partial charge on any atom is 0.128 e. The molecule has 2 aromatic carbocycles. The van der Waals surface area contributed by atoms with Crippen LogP contribution in [0.4, 0.5) is 0 Å². The van der Waals surface area contributed by atoms with Gasteiger partial charge in [0.1, 0.15) is 11.5 Å². The standard InChI is InChI=1S/C15H16ClNO2/c16-15-9-14(6-3-12(15)10-17)19-13-4-1-11(2-5-13)7-8-18/h1-6,9,18H,7-8,10,17H2. The molecule has 3 nitrogen and oxygen atoms in total. The molecule has 0 bridgehead atoms. The lowest BCUT2D eigenvalue weighted by Crippen LogP contribution is -1.97. The van der Waals surface area contributed by atoms with E-state index in [4.69, 9.17) is 27.2 Å². The van der Waals surface area contributed by atoms with Crippen molar-refractivity contribution >= 4 is 11.6 Å². The fourth-order valence-electron chi connectivity index (χ4n) is 1.75. The quantitative estimate of drug-likeness (QED) is 0.883. The van der Waals surface area contributed by atoms with Gasteiger partial charge in [0.2, 0.25) is 0 Å². The Morgan fingerprint density at radius 1 is 1.05 bits per heavy atom. The molecule has 0 saturated heterocycles. The van der Waals surface area contributed by atoms with Gasteiger partial charge in [-0.15, -0.1) is 0 Å². The molecule has 0 spiro atoms. The van der Waals surface area contributed by atoms with E-state index in [2.05, 4.69) is 0 Å². The van der Waals surface area contributed by atoms with Crippen LogP contribution >= 0.6 is 11.6 Å². The van der Waals surface area contributed by atoms with Crippen LogP contribution in [0.5, 0.6) is 11.5 Å². The minimum Gasteiger partial charge on any atom is -0.457 e. The van der Waals surface area contributed by atoms with Crippen LogP contribution in [0.3, 0.4) is 0 Å². The molecule has 0 heterocycles. The number of rotatable bonds is 5. The average Bonchev–Trinajstić information content (AvgIpc) is 2.42. The Balaban J connectivity index is 2.10. The summed E-state index contributed by atoms with van der Waals surface area (Å²) in [6.45, 7) is 0.561. The summed E-state index contributed by atoms with van der Waals surface area (Å²) in [5, 5.41) is 9.46. The Morgan fingerprint density at radius 3 is 2.32 bits per heavy atom. The van der Waals surface area contributed by atoms with E-state index in [0.717, 1.165) is 16.9 Å². The monoisotopic (exact) mass is 277 g/mol. The van der Waals surface area contributed by atoms with Gasteiger partial charge >= 0.3 is 0 Å². The van der Waals surface area contributed by atoms with Gasteiger partial charge in [-0.3, -0.25) is 0 Å². The second-order valence-corrected chi connectivity index (χ2v) is 4.58. The molecule has 0 aliphatic carbocycles. The fraction of sp³-hybridized carbons (Fsp3) is 0.200. The number of hydrogen-bond acceptors (Lipinski definition) is 3. The molecule has 0 aliphatic heterocycles.